The van der Waals surface area contributed by atoms with Crippen molar-refractivity contribution in [2.24, 2.45) is 0 Å². The number of rotatable bonds is 2. The molecule has 7 heteroatoms. The zero-order valence-electron chi connectivity index (χ0n) is 10.6. The van der Waals surface area contributed by atoms with Crippen molar-refractivity contribution in [1.82, 2.24) is 15.1 Å². The first-order chi connectivity index (χ1) is 9.75. The Bertz CT molecular complexity index is 623. The number of ether oxygens (including phenoxy) is 1. The molecule has 0 atom stereocenters. The number of amides is 1. The van der Waals surface area contributed by atoms with Gasteiger partial charge in [-0.1, -0.05) is 12.1 Å². The highest BCUT2D eigenvalue weighted by atomic mass is 19.1. The van der Waals surface area contributed by atoms with Gasteiger partial charge in [-0.25, -0.2) is 4.39 Å². The smallest absolute Gasteiger partial charge is 0.311 e. The lowest BCUT2D eigenvalue weighted by molar-refractivity contribution is 0.0278. The van der Waals surface area contributed by atoms with Crippen molar-refractivity contribution in [3.8, 4) is 11.5 Å². The molecule has 0 spiro atoms. The number of aromatic nitrogens is 2. The fraction of sp³-hybridized carbons (Fsp3) is 0.308. The van der Waals surface area contributed by atoms with Crippen molar-refractivity contribution >= 4 is 5.91 Å². The molecule has 1 aliphatic rings. The highest BCUT2D eigenvalue weighted by molar-refractivity contribution is 5.89. The lowest BCUT2D eigenvalue weighted by Crippen LogP contribution is -2.40. The van der Waals surface area contributed by atoms with E-state index in [0.29, 0.717) is 26.3 Å². The second kappa shape index (κ2) is 5.38. The number of hydrogen-bond acceptors (Lipinski definition) is 5. The van der Waals surface area contributed by atoms with E-state index in [0.717, 1.165) is 0 Å². The standard InChI is InChI=1S/C13H12FN3O3/c14-10-4-2-1-3-9(10)11-15-16-12(20-11)13(18)17-5-7-19-8-6-17/h1-4H,5-8H2. The number of carbonyl (C=O) groups is 1. The molecule has 3 rings (SSSR count). The molecule has 1 aliphatic heterocycles. The molecule has 20 heavy (non-hydrogen) atoms. The van der Waals surface area contributed by atoms with Crippen LogP contribution in [-0.4, -0.2) is 47.3 Å². The summed E-state index contributed by atoms with van der Waals surface area (Å²) in [5.74, 6) is -0.963. The summed E-state index contributed by atoms with van der Waals surface area (Å²) in [4.78, 5) is 13.7. The van der Waals surface area contributed by atoms with Crippen molar-refractivity contribution in [2.75, 3.05) is 26.3 Å². The molecule has 1 aromatic carbocycles. The molecule has 0 saturated carbocycles. The van der Waals surface area contributed by atoms with Gasteiger partial charge >= 0.3 is 11.8 Å². The van der Waals surface area contributed by atoms with E-state index in [-0.39, 0.29) is 23.3 Å². The topological polar surface area (TPSA) is 68.5 Å². The number of morpholine rings is 1. The summed E-state index contributed by atoms with van der Waals surface area (Å²) in [5.41, 5.74) is 0.182. The van der Waals surface area contributed by atoms with Crippen LogP contribution in [0.25, 0.3) is 11.5 Å². The van der Waals surface area contributed by atoms with Crippen LogP contribution in [0.1, 0.15) is 10.7 Å². The van der Waals surface area contributed by atoms with Gasteiger partial charge in [0.25, 0.3) is 5.89 Å². The zero-order chi connectivity index (χ0) is 13.9. The maximum Gasteiger partial charge on any atom is 0.311 e. The van der Waals surface area contributed by atoms with Gasteiger partial charge in [0.15, 0.2) is 0 Å². The van der Waals surface area contributed by atoms with Crippen LogP contribution in [0.3, 0.4) is 0 Å². The SMILES string of the molecule is O=C(c1nnc(-c2ccccc2F)o1)N1CCOCC1. The Morgan fingerprint density at radius 1 is 1.20 bits per heavy atom. The van der Waals surface area contributed by atoms with Crippen LogP contribution >= 0.6 is 0 Å². The summed E-state index contributed by atoms with van der Waals surface area (Å²) in [5, 5.41) is 7.42. The summed E-state index contributed by atoms with van der Waals surface area (Å²) < 4.78 is 24.0. The Morgan fingerprint density at radius 3 is 2.70 bits per heavy atom. The van der Waals surface area contributed by atoms with Crippen LogP contribution in [0.2, 0.25) is 0 Å². The van der Waals surface area contributed by atoms with Gasteiger partial charge in [-0.15, -0.1) is 10.2 Å². The van der Waals surface area contributed by atoms with Gasteiger partial charge in [0.2, 0.25) is 0 Å². The van der Waals surface area contributed by atoms with E-state index in [1.807, 2.05) is 0 Å². The average molecular weight is 277 g/mol. The summed E-state index contributed by atoms with van der Waals surface area (Å²) in [6.45, 7) is 1.94. The van der Waals surface area contributed by atoms with Crippen molar-refractivity contribution < 1.29 is 18.3 Å². The first-order valence-corrected chi connectivity index (χ1v) is 6.21. The van der Waals surface area contributed by atoms with Crippen LogP contribution in [0.4, 0.5) is 4.39 Å². The van der Waals surface area contributed by atoms with Gasteiger partial charge in [0, 0.05) is 13.1 Å². The van der Waals surface area contributed by atoms with E-state index in [9.17, 15) is 9.18 Å². The molecule has 1 saturated heterocycles. The molecule has 0 radical (unpaired) electrons. The van der Waals surface area contributed by atoms with Crippen molar-refractivity contribution in [3.63, 3.8) is 0 Å². The van der Waals surface area contributed by atoms with Crippen LogP contribution in [-0.2, 0) is 4.74 Å². The predicted octanol–water partition coefficient (Wildman–Crippen LogP) is 1.35. The van der Waals surface area contributed by atoms with Crippen LogP contribution in [0.5, 0.6) is 0 Å². The summed E-state index contributed by atoms with van der Waals surface area (Å²) in [6.07, 6.45) is 0. The molecule has 0 aliphatic carbocycles. The minimum Gasteiger partial charge on any atom is -0.412 e. The summed E-state index contributed by atoms with van der Waals surface area (Å²) in [6, 6.07) is 6.04. The summed E-state index contributed by atoms with van der Waals surface area (Å²) in [7, 11) is 0. The fourth-order valence-corrected chi connectivity index (χ4v) is 1.95. The number of hydrogen-bond donors (Lipinski definition) is 0. The largest absolute Gasteiger partial charge is 0.412 e. The quantitative estimate of drug-likeness (QED) is 0.828. The monoisotopic (exact) mass is 277 g/mol. The first kappa shape index (κ1) is 12.7. The van der Waals surface area contributed by atoms with E-state index in [1.54, 1.807) is 17.0 Å². The fourth-order valence-electron chi connectivity index (χ4n) is 1.95. The molecular weight excluding hydrogens is 265 g/mol. The molecule has 1 aromatic heterocycles. The van der Waals surface area contributed by atoms with Crippen LogP contribution in [0.15, 0.2) is 28.7 Å². The van der Waals surface area contributed by atoms with Crippen molar-refractivity contribution in [3.05, 3.63) is 36.0 Å². The molecule has 1 amide bonds. The normalized spacial score (nSPS) is 15.3. The third kappa shape index (κ3) is 2.39. The lowest BCUT2D eigenvalue weighted by Gasteiger charge is -2.25. The van der Waals surface area contributed by atoms with Crippen molar-refractivity contribution in [2.45, 2.75) is 0 Å². The van der Waals surface area contributed by atoms with Gasteiger partial charge < -0.3 is 14.1 Å². The highest BCUT2D eigenvalue weighted by Crippen LogP contribution is 2.21. The molecule has 2 heterocycles. The third-order valence-electron chi connectivity index (χ3n) is 3.01. The predicted molar refractivity (Wildman–Crippen MR) is 66.4 cm³/mol. The minimum atomic E-state index is -0.471. The number of halogens is 1. The minimum absolute atomic E-state index is 0.000269. The number of carbonyl (C=O) groups excluding carboxylic acids is 1. The second-order valence-electron chi connectivity index (χ2n) is 4.30. The Kier molecular flexibility index (Phi) is 3.42. The second-order valence-corrected chi connectivity index (χ2v) is 4.30. The maximum atomic E-state index is 13.6. The van der Waals surface area contributed by atoms with Gasteiger partial charge in [-0.3, -0.25) is 4.79 Å². The number of nitrogens with zero attached hydrogens (tertiary/aromatic N) is 3. The highest BCUT2D eigenvalue weighted by Gasteiger charge is 2.24. The molecular formula is C13H12FN3O3. The van der Waals surface area contributed by atoms with Crippen LogP contribution < -0.4 is 0 Å². The summed E-state index contributed by atoms with van der Waals surface area (Å²) >= 11 is 0. The van der Waals surface area contributed by atoms with Gasteiger partial charge in [0.1, 0.15) is 5.82 Å². The van der Waals surface area contributed by atoms with Crippen molar-refractivity contribution in [1.29, 1.82) is 0 Å². The Morgan fingerprint density at radius 2 is 1.95 bits per heavy atom. The average Bonchev–Trinajstić information content (AvgIpc) is 2.97. The van der Waals surface area contributed by atoms with Gasteiger partial charge in [0.05, 0.1) is 18.8 Å². The molecule has 0 unspecified atom stereocenters. The maximum absolute atomic E-state index is 13.6. The van der Waals surface area contributed by atoms with Gasteiger partial charge in [-0.2, -0.15) is 0 Å². The van der Waals surface area contributed by atoms with E-state index in [1.165, 1.54) is 12.1 Å². The lowest BCUT2D eigenvalue weighted by atomic mass is 10.2. The van der Waals surface area contributed by atoms with Crippen LogP contribution in [0, 0.1) is 5.82 Å². The van der Waals surface area contributed by atoms with E-state index >= 15 is 0 Å². The number of benzene rings is 1. The molecule has 1 fully saturated rings. The molecule has 0 bridgehead atoms. The Balaban J connectivity index is 1.83. The molecule has 6 nitrogen and oxygen atoms in total. The van der Waals surface area contributed by atoms with E-state index in [2.05, 4.69) is 10.2 Å². The van der Waals surface area contributed by atoms with E-state index < -0.39 is 5.82 Å². The third-order valence-corrected chi connectivity index (χ3v) is 3.01. The van der Waals surface area contributed by atoms with Gasteiger partial charge in [-0.05, 0) is 12.1 Å². The Hall–Kier alpha value is -2.28. The molecule has 0 N–H and O–H groups in total. The van der Waals surface area contributed by atoms with E-state index in [4.69, 9.17) is 9.15 Å². The zero-order valence-corrected chi connectivity index (χ0v) is 10.6. The molecule has 2 aromatic rings. The molecule has 104 valence electrons. The Labute approximate surface area is 114 Å². The first-order valence-electron chi connectivity index (χ1n) is 6.21.